The van der Waals surface area contributed by atoms with Gasteiger partial charge < -0.3 is 5.11 Å². The average molecular weight is 182 g/mol. The number of aliphatic hydroxyl groups is 1. The molecule has 0 aliphatic heterocycles. The van der Waals surface area contributed by atoms with Crippen molar-refractivity contribution in [1.29, 1.82) is 0 Å². The van der Waals surface area contributed by atoms with Gasteiger partial charge in [-0.25, -0.2) is 0 Å². The molecule has 76 valence electrons. The van der Waals surface area contributed by atoms with E-state index in [1.165, 1.54) is 32.1 Å². The first kappa shape index (κ1) is 9.51. The summed E-state index contributed by atoms with van der Waals surface area (Å²) in [4.78, 5) is 0. The van der Waals surface area contributed by atoms with Gasteiger partial charge in [-0.1, -0.05) is 19.8 Å². The Labute approximate surface area is 81.5 Å². The van der Waals surface area contributed by atoms with E-state index in [2.05, 4.69) is 6.92 Å². The highest BCUT2D eigenvalue weighted by Crippen LogP contribution is 2.52. The molecular formula is C12H22O. The third-order valence-corrected chi connectivity index (χ3v) is 4.35. The van der Waals surface area contributed by atoms with E-state index in [0.717, 1.165) is 18.8 Å². The van der Waals surface area contributed by atoms with Gasteiger partial charge in [0.1, 0.15) is 0 Å². The first-order valence-corrected chi connectivity index (χ1v) is 5.74. The Morgan fingerprint density at radius 1 is 1.08 bits per heavy atom. The topological polar surface area (TPSA) is 20.2 Å². The highest BCUT2D eigenvalue weighted by atomic mass is 16.3. The van der Waals surface area contributed by atoms with Crippen molar-refractivity contribution in [2.45, 2.75) is 64.4 Å². The Bertz CT molecular complexity index is 197. The van der Waals surface area contributed by atoms with Crippen LogP contribution in [0.25, 0.3) is 0 Å². The van der Waals surface area contributed by atoms with Crippen LogP contribution in [0.1, 0.15) is 58.8 Å². The second kappa shape index (κ2) is 2.98. The SMILES string of the molecule is C[C@@]1(O)CC[C@@H]2CCCC[C@@]2(C)C1. The van der Waals surface area contributed by atoms with Crippen LogP contribution >= 0.6 is 0 Å². The zero-order valence-corrected chi connectivity index (χ0v) is 8.97. The smallest absolute Gasteiger partial charge is 0.0625 e. The van der Waals surface area contributed by atoms with Crippen molar-refractivity contribution in [2.75, 3.05) is 0 Å². The molecule has 0 saturated heterocycles. The van der Waals surface area contributed by atoms with E-state index < -0.39 is 0 Å². The summed E-state index contributed by atoms with van der Waals surface area (Å²) in [5.74, 6) is 0.904. The lowest BCUT2D eigenvalue weighted by molar-refractivity contribution is -0.0741. The molecule has 2 fully saturated rings. The molecule has 0 bridgehead atoms. The van der Waals surface area contributed by atoms with Crippen molar-refractivity contribution >= 4 is 0 Å². The Morgan fingerprint density at radius 3 is 2.62 bits per heavy atom. The standard InChI is InChI=1S/C12H22O/c1-11-7-4-3-5-10(11)6-8-12(2,13)9-11/h10,13H,3-9H2,1-2H3/t10-,11-,12+/m0/s1. The molecule has 0 aromatic rings. The molecule has 0 aromatic heterocycles. The lowest BCUT2D eigenvalue weighted by Gasteiger charge is -2.50. The fourth-order valence-electron chi connectivity index (χ4n) is 3.64. The fourth-order valence-corrected chi connectivity index (χ4v) is 3.64. The summed E-state index contributed by atoms with van der Waals surface area (Å²) >= 11 is 0. The Morgan fingerprint density at radius 2 is 1.85 bits per heavy atom. The van der Waals surface area contributed by atoms with E-state index in [9.17, 15) is 5.11 Å². The number of hydrogen-bond donors (Lipinski definition) is 1. The van der Waals surface area contributed by atoms with Crippen molar-refractivity contribution in [3.8, 4) is 0 Å². The normalized spacial score (nSPS) is 51.5. The number of fused-ring (bicyclic) bond motifs is 1. The van der Waals surface area contributed by atoms with Crippen molar-refractivity contribution < 1.29 is 5.11 Å². The molecule has 2 rings (SSSR count). The van der Waals surface area contributed by atoms with Crippen molar-refractivity contribution in [3.63, 3.8) is 0 Å². The van der Waals surface area contributed by atoms with Gasteiger partial charge in [-0.3, -0.25) is 0 Å². The third-order valence-electron chi connectivity index (χ3n) is 4.35. The van der Waals surface area contributed by atoms with Crippen LogP contribution in [0.3, 0.4) is 0 Å². The highest BCUT2D eigenvalue weighted by Gasteiger charge is 2.45. The third kappa shape index (κ3) is 1.76. The minimum atomic E-state index is -0.372. The van der Waals surface area contributed by atoms with Gasteiger partial charge in [0.2, 0.25) is 0 Å². The van der Waals surface area contributed by atoms with Gasteiger partial charge in [-0.15, -0.1) is 0 Å². The molecule has 0 spiro atoms. The van der Waals surface area contributed by atoms with E-state index in [4.69, 9.17) is 0 Å². The summed E-state index contributed by atoms with van der Waals surface area (Å²) < 4.78 is 0. The molecular weight excluding hydrogens is 160 g/mol. The molecule has 2 aliphatic carbocycles. The summed E-state index contributed by atoms with van der Waals surface area (Å²) in [7, 11) is 0. The number of hydrogen-bond acceptors (Lipinski definition) is 1. The van der Waals surface area contributed by atoms with E-state index in [-0.39, 0.29) is 5.60 Å². The van der Waals surface area contributed by atoms with Gasteiger partial charge in [0.05, 0.1) is 5.60 Å². The lowest BCUT2D eigenvalue weighted by Crippen LogP contribution is -2.44. The van der Waals surface area contributed by atoms with Crippen LogP contribution in [0.5, 0.6) is 0 Å². The van der Waals surface area contributed by atoms with Crippen molar-refractivity contribution in [2.24, 2.45) is 11.3 Å². The summed E-state index contributed by atoms with van der Waals surface area (Å²) in [5.41, 5.74) is 0.0859. The maximum atomic E-state index is 10.1. The molecule has 2 saturated carbocycles. The first-order chi connectivity index (χ1) is 6.02. The van der Waals surface area contributed by atoms with Crippen molar-refractivity contribution in [3.05, 3.63) is 0 Å². The monoisotopic (exact) mass is 182 g/mol. The first-order valence-electron chi connectivity index (χ1n) is 5.74. The zero-order valence-electron chi connectivity index (χ0n) is 8.97. The van der Waals surface area contributed by atoms with Gasteiger partial charge in [-0.05, 0) is 50.4 Å². The van der Waals surface area contributed by atoms with E-state index in [1.54, 1.807) is 0 Å². The average Bonchev–Trinajstić information content (AvgIpc) is 2.00. The predicted molar refractivity (Wildman–Crippen MR) is 54.5 cm³/mol. The molecule has 13 heavy (non-hydrogen) atoms. The molecule has 2 aliphatic rings. The van der Waals surface area contributed by atoms with Gasteiger partial charge in [-0.2, -0.15) is 0 Å². The maximum Gasteiger partial charge on any atom is 0.0625 e. The van der Waals surface area contributed by atoms with Crippen LogP contribution < -0.4 is 0 Å². The Kier molecular flexibility index (Phi) is 2.18. The molecule has 0 amide bonds. The molecule has 1 N–H and O–H groups in total. The predicted octanol–water partition coefficient (Wildman–Crippen LogP) is 3.12. The van der Waals surface area contributed by atoms with Crippen LogP contribution in [-0.4, -0.2) is 10.7 Å². The van der Waals surface area contributed by atoms with Crippen molar-refractivity contribution in [1.82, 2.24) is 0 Å². The summed E-state index contributed by atoms with van der Waals surface area (Å²) in [6, 6.07) is 0. The summed E-state index contributed by atoms with van der Waals surface area (Å²) in [5, 5.41) is 10.1. The zero-order chi connectivity index (χ0) is 9.53. The highest BCUT2D eigenvalue weighted by molar-refractivity contribution is 4.96. The van der Waals surface area contributed by atoms with Crippen LogP contribution in [0, 0.1) is 11.3 Å². The molecule has 3 atom stereocenters. The second-order valence-corrected chi connectivity index (χ2v) is 5.81. The minimum absolute atomic E-state index is 0.372. The fraction of sp³-hybridized carbons (Fsp3) is 1.00. The van der Waals surface area contributed by atoms with E-state index >= 15 is 0 Å². The maximum absolute atomic E-state index is 10.1. The molecule has 1 heteroatoms. The molecule has 0 aromatic carbocycles. The van der Waals surface area contributed by atoms with Crippen LogP contribution in [-0.2, 0) is 0 Å². The largest absolute Gasteiger partial charge is 0.390 e. The quantitative estimate of drug-likeness (QED) is 0.610. The van der Waals surface area contributed by atoms with Gasteiger partial charge >= 0.3 is 0 Å². The van der Waals surface area contributed by atoms with Crippen LogP contribution in [0.2, 0.25) is 0 Å². The summed E-state index contributed by atoms with van der Waals surface area (Å²) in [6.45, 7) is 4.41. The summed E-state index contributed by atoms with van der Waals surface area (Å²) in [6.07, 6.45) is 8.85. The van der Waals surface area contributed by atoms with Crippen LogP contribution in [0.4, 0.5) is 0 Å². The van der Waals surface area contributed by atoms with E-state index in [0.29, 0.717) is 5.41 Å². The number of rotatable bonds is 0. The molecule has 1 nitrogen and oxygen atoms in total. The second-order valence-electron chi connectivity index (χ2n) is 5.81. The molecule has 0 heterocycles. The lowest BCUT2D eigenvalue weighted by atomic mass is 9.57. The Hall–Kier alpha value is -0.0400. The van der Waals surface area contributed by atoms with Crippen LogP contribution in [0.15, 0.2) is 0 Å². The van der Waals surface area contributed by atoms with E-state index in [1.807, 2.05) is 6.92 Å². The Balaban J connectivity index is 2.12. The van der Waals surface area contributed by atoms with Gasteiger partial charge in [0, 0.05) is 0 Å². The minimum Gasteiger partial charge on any atom is -0.390 e. The molecule has 0 unspecified atom stereocenters. The molecule has 0 radical (unpaired) electrons. The van der Waals surface area contributed by atoms with Gasteiger partial charge in [0.15, 0.2) is 0 Å². The van der Waals surface area contributed by atoms with Gasteiger partial charge in [0.25, 0.3) is 0 Å².